The van der Waals surface area contributed by atoms with Crippen LogP contribution in [0.5, 0.6) is 0 Å². The number of nitrogens with two attached hydrogens (primary N) is 1. The number of nitro groups is 1. The van der Waals surface area contributed by atoms with Crippen LogP contribution in [0.3, 0.4) is 0 Å². The Bertz CT molecular complexity index is 653. The van der Waals surface area contributed by atoms with Gasteiger partial charge in [-0.2, -0.15) is 4.98 Å². The van der Waals surface area contributed by atoms with Gasteiger partial charge in [0.2, 0.25) is 11.8 Å². The number of nitrogens with one attached hydrogen (secondary N) is 1. The number of nitrogen functional groups attached to an aromatic ring is 1. The van der Waals surface area contributed by atoms with E-state index in [9.17, 15) is 10.1 Å². The normalized spacial score (nSPS) is 10.9. The summed E-state index contributed by atoms with van der Waals surface area (Å²) in [7, 11) is 0. The van der Waals surface area contributed by atoms with Gasteiger partial charge in [0.05, 0.1) is 17.2 Å². The average molecular weight is 306 g/mol. The molecule has 0 aliphatic carbocycles. The van der Waals surface area contributed by atoms with E-state index in [2.05, 4.69) is 34.3 Å². The third kappa shape index (κ3) is 3.48. The molecule has 0 atom stereocenters. The van der Waals surface area contributed by atoms with Crippen molar-refractivity contribution in [3.05, 3.63) is 33.8 Å². The summed E-state index contributed by atoms with van der Waals surface area (Å²) < 4.78 is 5.26. The number of rotatable bonds is 7. The monoisotopic (exact) mass is 306 g/mol. The lowest BCUT2D eigenvalue weighted by molar-refractivity contribution is -0.384. The van der Waals surface area contributed by atoms with Gasteiger partial charge >= 0.3 is 5.69 Å². The lowest BCUT2D eigenvalue weighted by Gasteiger charge is -2.06. The van der Waals surface area contributed by atoms with Crippen LogP contribution in [0.15, 0.2) is 16.8 Å². The molecule has 2 aromatic rings. The number of anilines is 2. The van der Waals surface area contributed by atoms with Crippen LogP contribution in [-0.4, -0.2) is 20.0 Å². The van der Waals surface area contributed by atoms with Gasteiger partial charge in [0, 0.05) is 12.0 Å². The summed E-state index contributed by atoms with van der Waals surface area (Å²) in [6, 6.07) is 1.89. The minimum absolute atomic E-state index is 0.183. The van der Waals surface area contributed by atoms with Crippen molar-refractivity contribution < 1.29 is 9.45 Å². The molecule has 9 nitrogen and oxygen atoms in total. The van der Waals surface area contributed by atoms with Gasteiger partial charge in [-0.3, -0.25) is 10.1 Å². The molecule has 0 aliphatic heterocycles. The lowest BCUT2D eigenvalue weighted by Crippen LogP contribution is -2.06. The Hall–Kier alpha value is -2.71. The van der Waals surface area contributed by atoms with Crippen molar-refractivity contribution in [1.82, 2.24) is 15.1 Å². The van der Waals surface area contributed by atoms with Gasteiger partial charge in [0.15, 0.2) is 5.76 Å². The van der Waals surface area contributed by atoms with Crippen LogP contribution in [-0.2, 0) is 6.54 Å². The minimum atomic E-state index is -0.628. The summed E-state index contributed by atoms with van der Waals surface area (Å²) in [5.74, 6) is 1.03. The molecule has 118 valence electrons. The van der Waals surface area contributed by atoms with Crippen molar-refractivity contribution in [1.29, 1.82) is 0 Å². The summed E-state index contributed by atoms with van der Waals surface area (Å²) in [5.41, 5.74) is 6.11. The standard InChI is InChI=1S/C13H18N6O3/c1-3-8(4-2)10-5-9(22-18-10)6-15-13-16-7-11(19(20)21)12(14)17-13/h5,7-8H,3-4,6H2,1-2H3,(H3,14,15,16,17). The minimum Gasteiger partial charge on any atom is -0.378 e. The number of aromatic nitrogens is 3. The van der Waals surface area contributed by atoms with E-state index in [0.717, 1.165) is 24.7 Å². The Labute approximate surface area is 127 Å². The number of hydrogen-bond donors (Lipinski definition) is 2. The molecule has 0 amide bonds. The molecule has 22 heavy (non-hydrogen) atoms. The van der Waals surface area contributed by atoms with Crippen LogP contribution < -0.4 is 11.1 Å². The van der Waals surface area contributed by atoms with Gasteiger partial charge in [-0.05, 0) is 12.8 Å². The molecule has 0 bridgehead atoms. The van der Waals surface area contributed by atoms with Crippen molar-refractivity contribution in [2.24, 2.45) is 0 Å². The zero-order valence-electron chi connectivity index (χ0n) is 12.4. The van der Waals surface area contributed by atoms with E-state index in [4.69, 9.17) is 10.3 Å². The van der Waals surface area contributed by atoms with Crippen LogP contribution in [0.2, 0.25) is 0 Å². The van der Waals surface area contributed by atoms with Crippen LogP contribution in [0.25, 0.3) is 0 Å². The number of nitrogens with zero attached hydrogens (tertiary/aromatic N) is 4. The Morgan fingerprint density at radius 2 is 2.18 bits per heavy atom. The largest absolute Gasteiger partial charge is 0.378 e. The third-order valence-corrected chi connectivity index (χ3v) is 3.40. The molecule has 0 spiro atoms. The zero-order chi connectivity index (χ0) is 16.1. The molecule has 2 heterocycles. The van der Waals surface area contributed by atoms with Crippen LogP contribution in [0.1, 0.15) is 44.1 Å². The third-order valence-electron chi connectivity index (χ3n) is 3.40. The van der Waals surface area contributed by atoms with E-state index < -0.39 is 4.92 Å². The fourth-order valence-electron chi connectivity index (χ4n) is 2.09. The maximum absolute atomic E-state index is 10.6. The molecule has 0 radical (unpaired) electrons. The van der Waals surface area contributed by atoms with Gasteiger partial charge in [-0.15, -0.1) is 0 Å². The molecule has 2 rings (SSSR count). The van der Waals surface area contributed by atoms with E-state index >= 15 is 0 Å². The summed E-state index contributed by atoms with van der Waals surface area (Å²) in [6.07, 6.45) is 3.07. The van der Waals surface area contributed by atoms with Gasteiger partial charge in [0.1, 0.15) is 6.20 Å². The van der Waals surface area contributed by atoms with Crippen molar-refractivity contribution in [2.75, 3.05) is 11.1 Å². The molecular formula is C13H18N6O3. The molecule has 0 aromatic carbocycles. The van der Waals surface area contributed by atoms with Crippen LogP contribution in [0, 0.1) is 10.1 Å². The Balaban J connectivity index is 2.01. The van der Waals surface area contributed by atoms with E-state index in [1.807, 2.05) is 6.07 Å². The number of hydrogen-bond acceptors (Lipinski definition) is 8. The van der Waals surface area contributed by atoms with Crippen molar-refractivity contribution >= 4 is 17.5 Å². The maximum Gasteiger partial charge on any atom is 0.329 e. The summed E-state index contributed by atoms with van der Waals surface area (Å²) in [5, 5.41) is 17.6. The zero-order valence-corrected chi connectivity index (χ0v) is 12.4. The van der Waals surface area contributed by atoms with E-state index in [-0.39, 0.29) is 17.5 Å². The van der Waals surface area contributed by atoms with E-state index in [1.54, 1.807) is 0 Å². The SMILES string of the molecule is CCC(CC)c1cc(CNc2ncc([N+](=O)[O-])c(N)n2)on1. The van der Waals surface area contributed by atoms with Crippen LogP contribution in [0.4, 0.5) is 17.5 Å². The highest BCUT2D eigenvalue weighted by atomic mass is 16.6. The molecule has 9 heteroatoms. The Morgan fingerprint density at radius 1 is 1.45 bits per heavy atom. The van der Waals surface area contributed by atoms with E-state index in [0.29, 0.717) is 18.2 Å². The first-order valence-corrected chi connectivity index (χ1v) is 7.01. The predicted molar refractivity (Wildman–Crippen MR) is 80.3 cm³/mol. The van der Waals surface area contributed by atoms with Gasteiger partial charge in [-0.1, -0.05) is 19.0 Å². The Kier molecular flexibility index (Phi) is 4.87. The molecule has 2 aromatic heterocycles. The molecule has 0 saturated carbocycles. The highest BCUT2D eigenvalue weighted by Crippen LogP contribution is 2.23. The van der Waals surface area contributed by atoms with Crippen molar-refractivity contribution in [2.45, 2.75) is 39.2 Å². The topological polar surface area (TPSA) is 133 Å². The van der Waals surface area contributed by atoms with Gasteiger partial charge in [-0.25, -0.2) is 4.98 Å². The summed E-state index contributed by atoms with van der Waals surface area (Å²) in [6.45, 7) is 4.53. The first-order chi connectivity index (χ1) is 10.5. The highest BCUT2D eigenvalue weighted by molar-refractivity contribution is 5.53. The molecule has 3 N–H and O–H groups in total. The summed E-state index contributed by atoms with van der Waals surface area (Å²) in [4.78, 5) is 17.7. The van der Waals surface area contributed by atoms with E-state index in [1.165, 1.54) is 0 Å². The summed E-state index contributed by atoms with van der Waals surface area (Å²) >= 11 is 0. The van der Waals surface area contributed by atoms with Crippen molar-refractivity contribution in [3.63, 3.8) is 0 Å². The fraction of sp³-hybridized carbons (Fsp3) is 0.462. The predicted octanol–water partition coefficient (Wildman–Crippen LogP) is 2.47. The second-order valence-electron chi connectivity index (χ2n) is 4.81. The molecule has 0 saturated heterocycles. The fourth-order valence-corrected chi connectivity index (χ4v) is 2.09. The first-order valence-electron chi connectivity index (χ1n) is 7.01. The lowest BCUT2D eigenvalue weighted by atomic mass is 9.99. The molecule has 0 aliphatic rings. The van der Waals surface area contributed by atoms with Gasteiger partial charge < -0.3 is 15.6 Å². The molecular weight excluding hydrogens is 288 g/mol. The highest BCUT2D eigenvalue weighted by Gasteiger charge is 2.15. The quantitative estimate of drug-likeness (QED) is 0.588. The maximum atomic E-state index is 10.6. The second-order valence-corrected chi connectivity index (χ2v) is 4.81. The Morgan fingerprint density at radius 3 is 2.77 bits per heavy atom. The molecule has 0 unspecified atom stereocenters. The smallest absolute Gasteiger partial charge is 0.329 e. The average Bonchev–Trinajstić information content (AvgIpc) is 2.95. The molecule has 0 fully saturated rings. The van der Waals surface area contributed by atoms with Crippen molar-refractivity contribution in [3.8, 4) is 0 Å². The van der Waals surface area contributed by atoms with Crippen LogP contribution >= 0.6 is 0 Å². The van der Waals surface area contributed by atoms with Gasteiger partial charge in [0.25, 0.3) is 0 Å². The second kappa shape index (κ2) is 6.83. The first kappa shape index (κ1) is 15.7.